The highest BCUT2D eigenvalue weighted by Gasteiger charge is 2.19. The first-order valence-electron chi connectivity index (χ1n) is 33.3. The first-order chi connectivity index (χ1) is 37.5. The SMILES string of the molecule is CC/C=C\C/C=C\C/C=C\C/C=C\C/C=C\CCCC(=O)OC(COC(=O)CCCCCCCCCCCC)COC(=O)CCCCCCCCCCCCCCCCCCCCCCCCCCCCCCCCC. The summed E-state index contributed by atoms with van der Waals surface area (Å²) in [6, 6.07) is 0. The average Bonchev–Trinajstić information content (AvgIpc) is 3.42. The Balaban J connectivity index is 4.12. The summed E-state index contributed by atoms with van der Waals surface area (Å²) in [5, 5.41) is 0. The van der Waals surface area contributed by atoms with Gasteiger partial charge in [0.05, 0.1) is 0 Å². The molecule has 0 spiro atoms. The quantitative estimate of drug-likeness (QED) is 0.0261. The molecule has 0 radical (unpaired) electrons. The predicted molar refractivity (Wildman–Crippen MR) is 330 cm³/mol. The average molecular weight is 1060 g/mol. The molecule has 76 heavy (non-hydrogen) atoms. The normalized spacial score (nSPS) is 12.4. The van der Waals surface area contributed by atoms with Crippen LogP contribution in [0.3, 0.4) is 0 Å². The fraction of sp³-hybridized carbons (Fsp3) is 0.814. The largest absolute Gasteiger partial charge is 0.462 e. The van der Waals surface area contributed by atoms with Gasteiger partial charge < -0.3 is 14.2 Å². The first kappa shape index (κ1) is 73.1. The molecule has 0 bridgehead atoms. The van der Waals surface area contributed by atoms with Gasteiger partial charge in [-0.1, -0.05) is 332 Å². The molecule has 0 aromatic heterocycles. The van der Waals surface area contributed by atoms with Crippen LogP contribution in [0.25, 0.3) is 0 Å². The third kappa shape index (κ3) is 62.0. The number of ether oxygens (including phenoxy) is 3. The van der Waals surface area contributed by atoms with Crippen molar-refractivity contribution in [2.24, 2.45) is 0 Å². The second-order valence-corrected chi connectivity index (χ2v) is 22.4. The molecule has 0 saturated heterocycles. The zero-order valence-corrected chi connectivity index (χ0v) is 50.8. The minimum absolute atomic E-state index is 0.0928. The molecular weight excluding hydrogens is 937 g/mol. The van der Waals surface area contributed by atoms with Crippen molar-refractivity contribution >= 4 is 17.9 Å². The Hall–Kier alpha value is -2.89. The van der Waals surface area contributed by atoms with Crippen molar-refractivity contribution < 1.29 is 28.6 Å². The maximum atomic E-state index is 12.8. The summed E-state index contributed by atoms with van der Waals surface area (Å²) < 4.78 is 16.8. The van der Waals surface area contributed by atoms with E-state index in [1.165, 1.54) is 225 Å². The summed E-state index contributed by atoms with van der Waals surface area (Å²) in [7, 11) is 0. The van der Waals surface area contributed by atoms with Gasteiger partial charge in [0.15, 0.2) is 6.10 Å². The maximum absolute atomic E-state index is 12.8. The zero-order chi connectivity index (χ0) is 55.0. The third-order valence-electron chi connectivity index (χ3n) is 14.8. The van der Waals surface area contributed by atoms with Crippen molar-refractivity contribution in [2.75, 3.05) is 13.2 Å². The van der Waals surface area contributed by atoms with E-state index in [2.05, 4.69) is 81.5 Å². The molecule has 0 heterocycles. The Morgan fingerprint density at radius 2 is 0.513 bits per heavy atom. The summed E-state index contributed by atoms with van der Waals surface area (Å²) in [5.41, 5.74) is 0. The van der Waals surface area contributed by atoms with Crippen LogP contribution in [0.1, 0.15) is 348 Å². The number of rotatable bonds is 61. The van der Waals surface area contributed by atoms with Crippen LogP contribution in [0.15, 0.2) is 60.8 Å². The molecule has 0 aliphatic heterocycles. The van der Waals surface area contributed by atoms with Gasteiger partial charge in [-0.05, 0) is 57.8 Å². The maximum Gasteiger partial charge on any atom is 0.306 e. The number of unbranched alkanes of at least 4 members (excludes halogenated alkanes) is 40. The molecule has 0 aromatic carbocycles. The van der Waals surface area contributed by atoms with Gasteiger partial charge in [-0.2, -0.15) is 0 Å². The van der Waals surface area contributed by atoms with Crippen molar-refractivity contribution in [3.8, 4) is 0 Å². The fourth-order valence-corrected chi connectivity index (χ4v) is 9.84. The van der Waals surface area contributed by atoms with Crippen molar-refractivity contribution in [1.82, 2.24) is 0 Å². The van der Waals surface area contributed by atoms with Crippen LogP contribution >= 0.6 is 0 Å². The standard InChI is InChI=1S/C70H126O6/c1-4-7-10-13-16-19-22-24-26-28-29-30-31-32-33-34-35-36-37-38-39-40-41-43-44-46-48-51-54-57-60-63-69(72)75-66-67(65-74-68(71)62-59-56-53-50-21-18-15-12-9-6-3)76-70(73)64-61-58-55-52-49-47-45-42-27-25-23-20-17-14-11-8-5-2/h8,11,17,20,25,27,45,47,52,55,67H,4-7,9-10,12-16,18-19,21-24,26,28-44,46,48-51,53-54,56-66H2,1-3H3/b11-8-,20-17-,27-25-,47-45-,55-52-. The van der Waals surface area contributed by atoms with Gasteiger partial charge in [-0.15, -0.1) is 0 Å². The van der Waals surface area contributed by atoms with Crippen LogP contribution in [-0.4, -0.2) is 37.2 Å². The molecule has 0 fully saturated rings. The number of allylic oxidation sites excluding steroid dienone is 10. The van der Waals surface area contributed by atoms with Crippen LogP contribution < -0.4 is 0 Å². The molecule has 0 amide bonds. The molecule has 1 unspecified atom stereocenters. The molecule has 0 saturated carbocycles. The van der Waals surface area contributed by atoms with Crippen LogP contribution in [0, 0.1) is 0 Å². The lowest BCUT2D eigenvalue weighted by Gasteiger charge is -2.18. The Bertz CT molecular complexity index is 1360. The first-order valence-corrected chi connectivity index (χ1v) is 33.3. The Morgan fingerprint density at radius 3 is 0.789 bits per heavy atom. The van der Waals surface area contributed by atoms with Gasteiger partial charge in [0, 0.05) is 19.3 Å². The van der Waals surface area contributed by atoms with Crippen LogP contribution in [0.4, 0.5) is 0 Å². The Kier molecular flexibility index (Phi) is 62.2. The summed E-state index contributed by atoms with van der Waals surface area (Å²) in [5.74, 6) is -0.937. The van der Waals surface area contributed by atoms with Crippen molar-refractivity contribution in [1.29, 1.82) is 0 Å². The van der Waals surface area contributed by atoms with E-state index in [9.17, 15) is 14.4 Å². The smallest absolute Gasteiger partial charge is 0.306 e. The minimum atomic E-state index is -0.801. The molecule has 6 nitrogen and oxygen atoms in total. The van der Waals surface area contributed by atoms with E-state index in [1.807, 2.05) is 0 Å². The molecule has 0 rings (SSSR count). The highest BCUT2D eigenvalue weighted by Crippen LogP contribution is 2.18. The van der Waals surface area contributed by atoms with Crippen molar-refractivity contribution in [3.63, 3.8) is 0 Å². The topological polar surface area (TPSA) is 78.9 Å². The second-order valence-electron chi connectivity index (χ2n) is 22.4. The zero-order valence-electron chi connectivity index (χ0n) is 50.8. The van der Waals surface area contributed by atoms with E-state index in [-0.39, 0.29) is 37.5 Å². The lowest BCUT2D eigenvalue weighted by Crippen LogP contribution is -2.30. The van der Waals surface area contributed by atoms with E-state index in [0.29, 0.717) is 19.3 Å². The minimum Gasteiger partial charge on any atom is -0.462 e. The fourth-order valence-electron chi connectivity index (χ4n) is 9.84. The molecule has 0 N–H and O–H groups in total. The van der Waals surface area contributed by atoms with Crippen LogP contribution in [-0.2, 0) is 28.6 Å². The van der Waals surface area contributed by atoms with E-state index < -0.39 is 6.10 Å². The van der Waals surface area contributed by atoms with E-state index in [0.717, 1.165) is 77.0 Å². The number of hydrogen-bond donors (Lipinski definition) is 0. The molecule has 0 aromatic rings. The molecular formula is C70H126O6. The van der Waals surface area contributed by atoms with Gasteiger partial charge >= 0.3 is 17.9 Å². The van der Waals surface area contributed by atoms with Crippen LogP contribution in [0.5, 0.6) is 0 Å². The van der Waals surface area contributed by atoms with Gasteiger partial charge in [-0.25, -0.2) is 0 Å². The van der Waals surface area contributed by atoms with Gasteiger partial charge in [0.25, 0.3) is 0 Å². The van der Waals surface area contributed by atoms with Crippen molar-refractivity contribution in [2.45, 2.75) is 354 Å². The summed E-state index contributed by atoms with van der Waals surface area (Å²) in [4.78, 5) is 38.2. The second kappa shape index (κ2) is 64.6. The number of hydrogen-bond acceptors (Lipinski definition) is 6. The third-order valence-corrected chi connectivity index (χ3v) is 14.8. The Labute approximate surface area is 472 Å². The van der Waals surface area contributed by atoms with Gasteiger partial charge in [0.1, 0.15) is 13.2 Å². The Morgan fingerprint density at radius 1 is 0.276 bits per heavy atom. The van der Waals surface area contributed by atoms with Crippen LogP contribution in [0.2, 0.25) is 0 Å². The highest BCUT2D eigenvalue weighted by molar-refractivity contribution is 5.71. The lowest BCUT2D eigenvalue weighted by molar-refractivity contribution is -0.167. The lowest BCUT2D eigenvalue weighted by atomic mass is 10.0. The van der Waals surface area contributed by atoms with Gasteiger partial charge in [0.2, 0.25) is 0 Å². The van der Waals surface area contributed by atoms with Gasteiger partial charge in [-0.3, -0.25) is 14.4 Å². The predicted octanol–water partition coefficient (Wildman–Crippen LogP) is 22.7. The monoisotopic (exact) mass is 1060 g/mol. The highest BCUT2D eigenvalue weighted by atomic mass is 16.6. The van der Waals surface area contributed by atoms with E-state index in [4.69, 9.17) is 14.2 Å². The summed E-state index contributed by atoms with van der Waals surface area (Å²) >= 11 is 0. The number of carbonyl (C=O) groups excluding carboxylic acids is 3. The molecule has 6 heteroatoms. The summed E-state index contributed by atoms with van der Waals surface area (Å²) in [6.07, 6.45) is 82.8. The number of esters is 3. The molecule has 0 aliphatic rings. The summed E-state index contributed by atoms with van der Waals surface area (Å²) in [6.45, 7) is 6.51. The number of carbonyl (C=O) groups is 3. The van der Waals surface area contributed by atoms with E-state index in [1.54, 1.807) is 0 Å². The molecule has 442 valence electrons. The van der Waals surface area contributed by atoms with E-state index >= 15 is 0 Å². The van der Waals surface area contributed by atoms with Crippen molar-refractivity contribution in [3.05, 3.63) is 60.8 Å². The molecule has 1 atom stereocenters. The molecule has 0 aliphatic carbocycles.